The molecule has 0 bridgehead atoms. The number of aryl methyl sites for hydroxylation is 1. The van der Waals surface area contributed by atoms with E-state index in [9.17, 15) is 10.1 Å². The van der Waals surface area contributed by atoms with Crippen molar-refractivity contribution < 1.29 is 4.92 Å². The number of aromatic nitrogens is 2. The Kier molecular flexibility index (Phi) is 2.62. The van der Waals surface area contributed by atoms with E-state index in [0.29, 0.717) is 0 Å². The SMILES string of the molecule is CNc1nc(Cl)nc(C)c1[N+](=O)[O-]. The highest BCUT2D eigenvalue weighted by molar-refractivity contribution is 6.28. The molecule has 0 fully saturated rings. The number of halogens is 1. The highest BCUT2D eigenvalue weighted by atomic mass is 35.5. The standard InChI is InChI=1S/C6H7ClN4O2/c1-3-4(11(12)13)5(8-2)10-6(7)9-3/h1-2H3,(H,8,9,10). The van der Waals surface area contributed by atoms with Gasteiger partial charge >= 0.3 is 5.69 Å². The Hall–Kier alpha value is -1.43. The third kappa shape index (κ3) is 1.83. The first-order chi connectivity index (χ1) is 6.06. The molecule has 0 atom stereocenters. The predicted octanol–water partition coefficient (Wildman–Crippen LogP) is 1.39. The van der Waals surface area contributed by atoms with E-state index in [4.69, 9.17) is 11.6 Å². The zero-order valence-electron chi connectivity index (χ0n) is 7.04. The number of nitro groups is 1. The molecule has 0 radical (unpaired) electrons. The van der Waals surface area contributed by atoms with Gasteiger partial charge in [-0.15, -0.1) is 0 Å². The van der Waals surface area contributed by atoms with E-state index in [1.807, 2.05) is 0 Å². The van der Waals surface area contributed by atoms with Gasteiger partial charge in [-0.3, -0.25) is 10.1 Å². The van der Waals surface area contributed by atoms with Crippen LogP contribution in [0.4, 0.5) is 11.5 Å². The molecular formula is C6H7ClN4O2. The van der Waals surface area contributed by atoms with Gasteiger partial charge in [0.15, 0.2) is 0 Å². The van der Waals surface area contributed by atoms with Gasteiger partial charge in [0, 0.05) is 7.05 Å². The normalized spacial score (nSPS) is 9.77. The molecule has 13 heavy (non-hydrogen) atoms. The first-order valence-corrected chi connectivity index (χ1v) is 3.80. The van der Waals surface area contributed by atoms with Crippen molar-refractivity contribution >= 4 is 23.1 Å². The summed E-state index contributed by atoms with van der Waals surface area (Å²) in [5, 5.41) is 13.1. The zero-order chi connectivity index (χ0) is 10.0. The third-order valence-electron chi connectivity index (χ3n) is 1.45. The maximum Gasteiger partial charge on any atom is 0.332 e. The summed E-state index contributed by atoms with van der Waals surface area (Å²) in [4.78, 5) is 17.4. The molecule has 0 amide bonds. The fourth-order valence-corrected chi connectivity index (χ4v) is 1.14. The maximum atomic E-state index is 10.6. The average Bonchev–Trinajstić information content (AvgIpc) is 2.01. The average molecular weight is 203 g/mol. The number of hydrogen-bond acceptors (Lipinski definition) is 5. The van der Waals surface area contributed by atoms with Crippen LogP contribution in [0.2, 0.25) is 5.28 Å². The van der Waals surface area contributed by atoms with Crippen molar-refractivity contribution in [2.45, 2.75) is 6.92 Å². The van der Waals surface area contributed by atoms with Gasteiger partial charge in [-0.1, -0.05) is 0 Å². The fourth-order valence-electron chi connectivity index (χ4n) is 0.926. The molecule has 1 aromatic rings. The van der Waals surface area contributed by atoms with E-state index in [1.165, 1.54) is 14.0 Å². The van der Waals surface area contributed by atoms with Crippen molar-refractivity contribution in [3.63, 3.8) is 0 Å². The summed E-state index contributed by atoms with van der Waals surface area (Å²) < 4.78 is 0. The van der Waals surface area contributed by atoms with Gasteiger partial charge in [0.1, 0.15) is 5.69 Å². The van der Waals surface area contributed by atoms with E-state index in [0.717, 1.165) is 0 Å². The first kappa shape index (κ1) is 9.66. The predicted molar refractivity (Wildman–Crippen MR) is 48.0 cm³/mol. The first-order valence-electron chi connectivity index (χ1n) is 3.42. The number of rotatable bonds is 2. The third-order valence-corrected chi connectivity index (χ3v) is 1.62. The van der Waals surface area contributed by atoms with Crippen LogP contribution in [0.1, 0.15) is 5.69 Å². The molecule has 7 heteroatoms. The number of nitrogens with one attached hydrogen (secondary N) is 1. The molecule has 0 spiro atoms. The Morgan fingerprint density at radius 3 is 2.62 bits per heavy atom. The molecule has 0 aliphatic carbocycles. The summed E-state index contributed by atoms with van der Waals surface area (Å²) in [6, 6.07) is 0. The lowest BCUT2D eigenvalue weighted by Gasteiger charge is -2.02. The van der Waals surface area contributed by atoms with Crippen LogP contribution in [0.15, 0.2) is 0 Å². The molecule has 70 valence electrons. The van der Waals surface area contributed by atoms with Crippen molar-refractivity contribution in [2.75, 3.05) is 12.4 Å². The molecule has 0 aliphatic heterocycles. The van der Waals surface area contributed by atoms with Crippen LogP contribution >= 0.6 is 11.6 Å². The van der Waals surface area contributed by atoms with E-state index in [1.54, 1.807) is 0 Å². The minimum atomic E-state index is -0.544. The Balaban J connectivity index is 3.38. The van der Waals surface area contributed by atoms with E-state index in [2.05, 4.69) is 15.3 Å². The second kappa shape index (κ2) is 3.53. The summed E-state index contributed by atoms with van der Waals surface area (Å²) in [7, 11) is 1.53. The van der Waals surface area contributed by atoms with Gasteiger partial charge in [0.2, 0.25) is 11.1 Å². The van der Waals surface area contributed by atoms with Crippen LogP contribution in [0.3, 0.4) is 0 Å². The monoisotopic (exact) mass is 202 g/mol. The van der Waals surface area contributed by atoms with Crippen LogP contribution in [0.5, 0.6) is 0 Å². The minimum Gasteiger partial charge on any atom is -0.367 e. The smallest absolute Gasteiger partial charge is 0.332 e. The van der Waals surface area contributed by atoms with Gasteiger partial charge in [0.05, 0.1) is 4.92 Å². The lowest BCUT2D eigenvalue weighted by atomic mass is 10.3. The van der Waals surface area contributed by atoms with Crippen molar-refractivity contribution in [3.8, 4) is 0 Å². The molecule has 0 aromatic carbocycles. The molecule has 0 saturated heterocycles. The summed E-state index contributed by atoms with van der Waals surface area (Å²) in [5.74, 6) is 0.127. The molecule has 1 aromatic heterocycles. The van der Waals surface area contributed by atoms with Gasteiger partial charge in [0.25, 0.3) is 0 Å². The highest BCUT2D eigenvalue weighted by Crippen LogP contribution is 2.25. The highest BCUT2D eigenvalue weighted by Gasteiger charge is 2.20. The minimum absolute atomic E-state index is 0.00699. The maximum absolute atomic E-state index is 10.6. The lowest BCUT2D eigenvalue weighted by molar-refractivity contribution is -0.385. The largest absolute Gasteiger partial charge is 0.367 e. The van der Waals surface area contributed by atoms with Crippen LogP contribution in [0, 0.1) is 17.0 Å². The van der Waals surface area contributed by atoms with Crippen LogP contribution < -0.4 is 5.32 Å². The molecule has 6 nitrogen and oxygen atoms in total. The molecule has 1 rings (SSSR count). The van der Waals surface area contributed by atoms with Crippen molar-refractivity contribution in [1.29, 1.82) is 0 Å². The molecule has 0 unspecified atom stereocenters. The van der Waals surface area contributed by atoms with Crippen molar-refractivity contribution in [2.24, 2.45) is 0 Å². The second-order valence-corrected chi connectivity index (χ2v) is 2.62. The molecule has 1 N–H and O–H groups in total. The second-order valence-electron chi connectivity index (χ2n) is 2.28. The Labute approximate surface area is 79.1 Å². The van der Waals surface area contributed by atoms with E-state index >= 15 is 0 Å². The van der Waals surface area contributed by atoms with Gasteiger partial charge in [-0.25, -0.2) is 4.98 Å². The summed E-state index contributed by atoms with van der Waals surface area (Å²) in [5.41, 5.74) is 0.0984. The Morgan fingerprint density at radius 2 is 2.15 bits per heavy atom. The molecule has 0 aliphatic rings. The lowest BCUT2D eigenvalue weighted by Crippen LogP contribution is -2.03. The Bertz CT molecular complexity index is 355. The van der Waals surface area contributed by atoms with Crippen molar-refractivity contribution in [3.05, 3.63) is 21.1 Å². The van der Waals surface area contributed by atoms with Crippen LogP contribution in [-0.4, -0.2) is 21.9 Å². The van der Waals surface area contributed by atoms with E-state index < -0.39 is 4.92 Å². The number of nitrogens with zero attached hydrogens (tertiary/aromatic N) is 3. The van der Waals surface area contributed by atoms with Gasteiger partial charge < -0.3 is 5.32 Å². The van der Waals surface area contributed by atoms with Gasteiger partial charge in [-0.05, 0) is 18.5 Å². The van der Waals surface area contributed by atoms with Crippen LogP contribution in [0.25, 0.3) is 0 Å². The van der Waals surface area contributed by atoms with Gasteiger partial charge in [-0.2, -0.15) is 4.98 Å². The molecule has 0 saturated carbocycles. The Morgan fingerprint density at radius 1 is 1.54 bits per heavy atom. The molecule has 1 heterocycles. The fraction of sp³-hybridized carbons (Fsp3) is 0.333. The number of hydrogen-bond donors (Lipinski definition) is 1. The zero-order valence-corrected chi connectivity index (χ0v) is 7.79. The number of anilines is 1. The van der Waals surface area contributed by atoms with Crippen LogP contribution in [-0.2, 0) is 0 Å². The molecular weight excluding hydrogens is 196 g/mol. The van der Waals surface area contributed by atoms with E-state index in [-0.39, 0.29) is 22.5 Å². The summed E-state index contributed by atoms with van der Waals surface area (Å²) >= 11 is 5.52. The summed E-state index contributed by atoms with van der Waals surface area (Å²) in [6.45, 7) is 1.51. The summed E-state index contributed by atoms with van der Waals surface area (Å²) in [6.07, 6.45) is 0. The quantitative estimate of drug-likeness (QED) is 0.445. The van der Waals surface area contributed by atoms with Crippen molar-refractivity contribution in [1.82, 2.24) is 9.97 Å². The topological polar surface area (TPSA) is 81.0 Å².